The summed E-state index contributed by atoms with van der Waals surface area (Å²) < 4.78 is 18.5. The van der Waals surface area contributed by atoms with E-state index in [-0.39, 0.29) is 24.4 Å². The highest BCUT2D eigenvalue weighted by molar-refractivity contribution is 5.40. The van der Waals surface area contributed by atoms with Crippen LogP contribution in [0.4, 0.5) is 10.1 Å². The second-order valence-corrected chi connectivity index (χ2v) is 4.38. The Morgan fingerprint density at radius 2 is 2.39 bits per heavy atom. The number of halogens is 1. The average molecular weight is 254 g/mol. The summed E-state index contributed by atoms with van der Waals surface area (Å²) in [6.45, 7) is 2.90. The molecule has 2 rings (SSSR count). The van der Waals surface area contributed by atoms with E-state index in [1.165, 1.54) is 12.1 Å². The molecular weight excluding hydrogens is 239 g/mol. The number of nitrogens with zero attached hydrogens (tertiary/aromatic N) is 1. The zero-order valence-corrected chi connectivity index (χ0v) is 10.1. The average Bonchev–Trinajstić information content (AvgIpc) is 2.72. The first-order valence-electron chi connectivity index (χ1n) is 5.85. The molecule has 18 heavy (non-hydrogen) atoms. The minimum Gasteiger partial charge on any atom is -0.377 e. The highest BCUT2D eigenvalue weighted by Crippen LogP contribution is 2.20. The van der Waals surface area contributed by atoms with Crippen molar-refractivity contribution >= 4 is 5.69 Å². The molecule has 1 aliphatic heterocycles. The molecule has 1 aromatic carbocycles. The van der Waals surface area contributed by atoms with Crippen molar-refractivity contribution < 1.29 is 14.1 Å². The summed E-state index contributed by atoms with van der Waals surface area (Å²) in [5, 5.41) is 14.0. The van der Waals surface area contributed by atoms with Gasteiger partial charge in [-0.2, -0.15) is 0 Å². The molecule has 1 aliphatic rings. The largest absolute Gasteiger partial charge is 0.377 e. The van der Waals surface area contributed by atoms with Gasteiger partial charge in [-0.25, -0.2) is 4.39 Å². The summed E-state index contributed by atoms with van der Waals surface area (Å²) >= 11 is 0. The Bertz CT molecular complexity index is 453. The van der Waals surface area contributed by atoms with Crippen LogP contribution in [-0.2, 0) is 11.3 Å². The molecule has 98 valence electrons. The van der Waals surface area contributed by atoms with Gasteiger partial charge in [-0.15, -0.1) is 0 Å². The van der Waals surface area contributed by atoms with E-state index in [9.17, 15) is 14.5 Å². The van der Waals surface area contributed by atoms with Crippen molar-refractivity contribution in [1.82, 2.24) is 5.32 Å². The van der Waals surface area contributed by atoms with Gasteiger partial charge in [0.15, 0.2) is 0 Å². The Hall–Kier alpha value is -1.53. The Morgan fingerprint density at radius 3 is 3.00 bits per heavy atom. The Kier molecular flexibility index (Phi) is 3.88. The van der Waals surface area contributed by atoms with E-state index in [4.69, 9.17) is 4.74 Å². The lowest BCUT2D eigenvalue weighted by atomic mass is 10.1. The van der Waals surface area contributed by atoms with Gasteiger partial charge in [0, 0.05) is 30.8 Å². The number of benzene rings is 1. The van der Waals surface area contributed by atoms with Crippen molar-refractivity contribution in [2.45, 2.75) is 32.0 Å². The first-order valence-corrected chi connectivity index (χ1v) is 5.85. The number of nitro benzene ring substituents is 1. The van der Waals surface area contributed by atoms with Crippen LogP contribution >= 0.6 is 0 Å². The van der Waals surface area contributed by atoms with Gasteiger partial charge in [0.05, 0.1) is 11.0 Å². The van der Waals surface area contributed by atoms with Crippen molar-refractivity contribution in [3.05, 3.63) is 39.7 Å². The topological polar surface area (TPSA) is 64.4 Å². The van der Waals surface area contributed by atoms with E-state index in [1.54, 1.807) is 0 Å². The summed E-state index contributed by atoms with van der Waals surface area (Å²) in [4.78, 5) is 10.3. The van der Waals surface area contributed by atoms with E-state index < -0.39 is 10.7 Å². The van der Waals surface area contributed by atoms with E-state index in [2.05, 4.69) is 5.32 Å². The summed E-state index contributed by atoms with van der Waals surface area (Å²) in [6.07, 6.45) is 0.946. The highest BCUT2D eigenvalue weighted by Gasteiger charge is 2.24. The number of hydrogen-bond donors (Lipinski definition) is 1. The van der Waals surface area contributed by atoms with E-state index in [0.717, 1.165) is 12.5 Å². The van der Waals surface area contributed by atoms with Gasteiger partial charge in [-0.05, 0) is 25.5 Å². The monoisotopic (exact) mass is 254 g/mol. The molecule has 0 bridgehead atoms. The fourth-order valence-electron chi connectivity index (χ4n) is 2.11. The molecule has 1 fully saturated rings. The van der Waals surface area contributed by atoms with Gasteiger partial charge in [-0.1, -0.05) is 0 Å². The molecule has 1 N–H and O–H groups in total. The van der Waals surface area contributed by atoms with Gasteiger partial charge in [0.25, 0.3) is 5.69 Å². The van der Waals surface area contributed by atoms with Crippen LogP contribution in [0.3, 0.4) is 0 Å². The molecule has 0 radical (unpaired) electrons. The van der Waals surface area contributed by atoms with Crippen LogP contribution in [0.2, 0.25) is 0 Å². The van der Waals surface area contributed by atoms with Gasteiger partial charge >= 0.3 is 0 Å². The van der Waals surface area contributed by atoms with Crippen molar-refractivity contribution in [2.75, 3.05) is 6.61 Å². The Labute approximate surface area is 104 Å². The molecule has 1 heterocycles. The number of hydrogen-bond acceptors (Lipinski definition) is 4. The molecule has 0 saturated carbocycles. The molecule has 2 unspecified atom stereocenters. The van der Waals surface area contributed by atoms with Crippen LogP contribution in [0.5, 0.6) is 0 Å². The van der Waals surface area contributed by atoms with Crippen molar-refractivity contribution in [3.63, 3.8) is 0 Å². The van der Waals surface area contributed by atoms with Gasteiger partial charge in [-0.3, -0.25) is 10.1 Å². The standard InChI is InChI=1S/C12H15FN2O3/c1-8-11(4-5-18-8)14-7-9-6-10(13)2-3-12(9)15(16)17/h2-3,6,8,11,14H,4-5,7H2,1H3. The van der Waals surface area contributed by atoms with E-state index in [0.29, 0.717) is 12.2 Å². The molecule has 6 heteroatoms. The molecular formula is C12H15FN2O3. The minimum absolute atomic E-state index is 0.0598. The predicted molar refractivity (Wildman–Crippen MR) is 63.7 cm³/mol. The molecule has 0 amide bonds. The van der Waals surface area contributed by atoms with Crippen molar-refractivity contribution in [1.29, 1.82) is 0 Å². The molecule has 0 aliphatic carbocycles. The Balaban J connectivity index is 2.08. The third-order valence-electron chi connectivity index (χ3n) is 3.17. The quantitative estimate of drug-likeness (QED) is 0.659. The first kappa shape index (κ1) is 12.9. The minimum atomic E-state index is -0.495. The SMILES string of the molecule is CC1OCCC1NCc1cc(F)ccc1[N+](=O)[O-]. The molecule has 5 nitrogen and oxygen atoms in total. The number of nitrogens with one attached hydrogen (secondary N) is 1. The fraction of sp³-hybridized carbons (Fsp3) is 0.500. The highest BCUT2D eigenvalue weighted by atomic mass is 19.1. The summed E-state index contributed by atoms with van der Waals surface area (Å²) in [6, 6.07) is 3.66. The van der Waals surface area contributed by atoms with Gasteiger partial charge < -0.3 is 10.1 Å². The second kappa shape index (κ2) is 5.41. The van der Waals surface area contributed by atoms with Crippen LogP contribution in [0.15, 0.2) is 18.2 Å². The second-order valence-electron chi connectivity index (χ2n) is 4.38. The van der Waals surface area contributed by atoms with Crippen molar-refractivity contribution in [3.8, 4) is 0 Å². The van der Waals surface area contributed by atoms with Crippen LogP contribution < -0.4 is 5.32 Å². The smallest absolute Gasteiger partial charge is 0.274 e. The normalized spacial score (nSPS) is 23.2. The molecule has 2 atom stereocenters. The molecule has 1 saturated heterocycles. The lowest BCUT2D eigenvalue weighted by Gasteiger charge is -2.15. The van der Waals surface area contributed by atoms with Crippen LogP contribution in [-0.4, -0.2) is 23.7 Å². The zero-order valence-electron chi connectivity index (χ0n) is 10.1. The maximum atomic E-state index is 13.1. The van der Waals surface area contributed by atoms with Gasteiger partial charge in [0.2, 0.25) is 0 Å². The predicted octanol–water partition coefficient (Wildman–Crippen LogP) is 2.00. The molecule has 0 spiro atoms. The number of rotatable bonds is 4. The maximum Gasteiger partial charge on any atom is 0.274 e. The van der Waals surface area contributed by atoms with E-state index >= 15 is 0 Å². The number of ether oxygens (including phenoxy) is 1. The van der Waals surface area contributed by atoms with Crippen LogP contribution in [0.25, 0.3) is 0 Å². The number of nitro groups is 1. The third kappa shape index (κ3) is 2.83. The fourth-order valence-corrected chi connectivity index (χ4v) is 2.11. The van der Waals surface area contributed by atoms with Crippen molar-refractivity contribution in [2.24, 2.45) is 0 Å². The van der Waals surface area contributed by atoms with E-state index in [1.807, 2.05) is 6.92 Å². The maximum absolute atomic E-state index is 13.1. The van der Waals surface area contributed by atoms with Crippen LogP contribution in [0.1, 0.15) is 18.9 Å². The lowest BCUT2D eigenvalue weighted by molar-refractivity contribution is -0.385. The first-order chi connectivity index (χ1) is 8.58. The summed E-state index contributed by atoms with van der Waals surface area (Å²) in [5.74, 6) is -0.465. The summed E-state index contributed by atoms with van der Waals surface area (Å²) in [5.41, 5.74) is 0.301. The molecule has 0 aromatic heterocycles. The third-order valence-corrected chi connectivity index (χ3v) is 3.17. The molecule has 1 aromatic rings. The Morgan fingerprint density at radius 1 is 1.61 bits per heavy atom. The van der Waals surface area contributed by atoms with Crippen LogP contribution in [0, 0.1) is 15.9 Å². The lowest BCUT2D eigenvalue weighted by Crippen LogP contribution is -2.34. The summed E-state index contributed by atoms with van der Waals surface area (Å²) in [7, 11) is 0. The van der Waals surface area contributed by atoms with Gasteiger partial charge in [0.1, 0.15) is 5.82 Å². The zero-order chi connectivity index (χ0) is 13.1.